The maximum absolute atomic E-state index is 13.7. The van der Waals surface area contributed by atoms with Gasteiger partial charge in [-0.2, -0.15) is 18.2 Å². The molecule has 1 atom stereocenters. The van der Waals surface area contributed by atoms with E-state index < -0.39 is 29.5 Å². The van der Waals surface area contributed by atoms with Crippen LogP contribution in [-0.2, 0) is 4.79 Å². The molecular weight excluding hydrogens is 324 g/mol. The average molecular weight is 340 g/mol. The minimum Gasteiger partial charge on any atom is -0.287 e. The minimum atomic E-state index is -4.60. The maximum atomic E-state index is 13.7. The normalized spacial score (nSPS) is 19.5. The van der Waals surface area contributed by atoms with Gasteiger partial charge in [0.05, 0.1) is 0 Å². The lowest BCUT2D eigenvalue weighted by Gasteiger charge is -2.38. The van der Waals surface area contributed by atoms with E-state index in [1.165, 1.54) is 36.4 Å². The lowest BCUT2D eigenvalue weighted by atomic mass is 9.95. The van der Waals surface area contributed by atoms with Crippen LogP contribution < -0.4 is 5.43 Å². The molecule has 1 aliphatic rings. The summed E-state index contributed by atoms with van der Waals surface area (Å²) < 4.78 is 54.6. The van der Waals surface area contributed by atoms with E-state index >= 15 is 0 Å². The third-order valence-electron chi connectivity index (χ3n) is 4.20. The highest BCUT2D eigenvalue weighted by molar-refractivity contribution is 5.83. The number of halogens is 4. The molecule has 0 aliphatic carbocycles. The van der Waals surface area contributed by atoms with Crippen LogP contribution in [0.1, 0.15) is 31.9 Å². The lowest BCUT2D eigenvalue weighted by molar-refractivity contribution is -0.203. The molecule has 1 unspecified atom stereocenters. The highest BCUT2D eigenvalue weighted by atomic mass is 19.4. The van der Waals surface area contributed by atoms with Crippen LogP contribution >= 0.6 is 0 Å². The van der Waals surface area contributed by atoms with Gasteiger partial charge in [-0.25, -0.2) is 4.39 Å². The summed E-state index contributed by atoms with van der Waals surface area (Å²) in [6, 6.07) is 6.15. The highest BCUT2D eigenvalue weighted by Gasteiger charge is 2.52. The number of hydrogen-bond donors (Lipinski definition) is 1. The Kier molecular flexibility index (Phi) is 3.79. The summed E-state index contributed by atoms with van der Waals surface area (Å²) in [6.07, 6.45) is -4.63. The molecule has 0 radical (unpaired) electrons. The Bertz CT molecular complexity index is 801. The van der Waals surface area contributed by atoms with Gasteiger partial charge in [-0.1, -0.05) is 18.2 Å². The smallest absolute Gasteiger partial charge is 0.287 e. The molecule has 128 valence electrons. The molecule has 7 heteroatoms. The second-order valence-corrected chi connectivity index (χ2v) is 6.59. The summed E-state index contributed by atoms with van der Waals surface area (Å²) in [5, 5.41) is 1.96. The molecule has 1 aliphatic heterocycles. The van der Waals surface area contributed by atoms with Gasteiger partial charge in [0, 0.05) is 12.0 Å². The summed E-state index contributed by atoms with van der Waals surface area (Å²) >= 11 is 0. The van der Waals surface area contributed by atoms with Crippen molar-refractivity contribution in [2.24, 2.45) is 0 Å². The third kappa shape index (κ3) is 2.96. The SMILES string of the molecule is CC1(C)CC(=O)NN1C(c1ccc2ccc(F)cc2c1)C(F)(F)F. The van der Waals surface area contributed by atoms with Gasteiger partial charge in [0.15, 0.2) is 6.04 Å². The molecule has 24 heavy (non-hydrogen) atoms. The van der Waals surface area contributed by atoms with Crippen molar-refractivity contribution in [2.45, 2.75) is 38.0 Å². The number of hydrogen-bond acceptors (Lipinski definition) is 2. The second-order valence-electron chi connectivity index (χ2n) is 6.59. The van der Waals surface area contributed by atoms with Crippen molar-refractivity contribution in [2.75, 3.05) is 0 Å². The summed E-state index contributed by atoms with van der Waals surface area (Å²) in [4.78, 5) is 11.6. The number of rotatable bonds is 2. The summed E-state index contributed by atoms with van der Waals surface area (Å²) in [5.41, 5.74) is 1.27. The molecule has 2 aromatic carbocycles. The van der Waals surface area contributed by atoms with E-state index in [0.29, 0.717) is 10.8 Å². The fourth-order valence-electron chi connectivity index (χ4n) is 3.11. The Labute approximate surface area is 136 Å². The zero-order valence-electron chi connectivity index (χ0n) is 13.1. The van der Waals surface area contributed by atoms with Crippen LogP contribution in [0.5, 0.6) is 0 Å². The quantitative estimate of drug-likeness (QED) is 0.835. The van der Waals surface area contributed by atoms with Crippen LogP contribution in [0.15, 0.2) is 36.4 Å². The Hall–Kier alpha value is -2.15. The monoisotopic (exact) mass is 340 g/mol. The van der Waals surface area contributed by atoms with E-state index in [9.17, 15) is 22.4 Å². The van der Waals surface area contributed by atoms with Crippen molar-refractivity contribution in [1.82, 2.24) is 10.4 Å². The molecule has 3 rings (SSSR count). The van der Waals surface area contributed by atoms with Crippen molar-refractivity contribution in [3.63, 3.8) is 0 Å². The van der Waals surface area contributed by atoms with Gasteiger partial charge >= 0.3 is 6.18 Å². The van der Waals surface area contributed by atoms with Crippen molar-refractivity contribution >= 4 is 16.7 Å². The predicted octanol–water partition coefficient (Wildman–Crippen LogP) is 4.10. The molecule has 1 amide bonds. The fraction of sp³-hybridized carbons (Fsp3) is 0.353. The number of carbonyl (C=O) groups excluding carboxylic acids is 1. The first kappa shape index (κ1) is 16.7. The number of carbonyl (C=O) groups is 1. The van der Waals surface area contributed by atoms with Crippen LogP contribution in [0.25, 0.3) is 10.8 Å². The zero-order chi connectivity index (χ0) is 17.7. The Morgan fingerprint density at radius 3 is 2.38 bits per heavy atom. The van der Waals surface area contributed by atoms with Crippen LogP contribution in [0.4, 0.5) is 17.6 Å². The molecule has 1 N–H and O–H groups in total. The number of amides is 1. The van der Waals surface area contributed by atoms with E-state index in [1.54, 1.807) is 13.8 Å². The number of benzene rings is 2. The van der Waals surface area contributed by atoms with Crippen molar-refractivity contribution < 1.29 is 22.4 Å². The lowest BCUT2D eigenvalue weighted by Crippen LogP contribution is -2.51. The van der Waals surface area contributed by atoms with Gasteiger partial charge in [-0.15, -0.1) is 0 Å². The van der Waals surface area contributed by atoms with Gasteiger partial charge in [-0.05, 0) is 48.4 Å². The van der Waals surface area contributed by atoms with Gasteiger partial charge in [-0.3, -0.25) is 10.2 Å². The molecule has 0 bridgehead atoms. The van der Waals surface area contributed by atoms with Crippen LogP contribution in [0, 0.1) is 5.82 Å². The molecule has 1 saturated heterocycles. The molecule has 1 heterocycles. The molecular formula is C17H16F4N2O. The number of hydrazine groups is 1. The van der Waals surface area contributed by atoms with Gasteiger partial charge in [0.1, 0.15) is 5.82 Å². The molecule has 0 aromatic heterocycles. The second kappa shape index (κ2) is 5.44. The highest BCUT2D eigenvalue weighted by Crippen LogP contribution is 2.43. The first-order chi connectivity index (χ1) is 11.1. The van der Waals surface area contributed by atoms with Crippen molar-refractivity contribution in [3.8, 4) is 0 Å². The van der Waals surface area contributed by atoms with E-state index in [4.69, 9.17) is 0 Å². The summed E-state index contributed by atoms with van der Waals surface area (Å²) in [5.74, 6) is -0.973. The van der Waals surface area contributed by atoms with E-state index in [2.05, 4.69) is 5.43 Å². The molecule has 1 fully saturated rings. The maximum Gasteiger partial charge on any atom is 0.409 e. The first-order valence-corrected chi connectivity index (χ1v) is 7.43. The van der Waals surface area contributed by atoms with E-state index in [1.807, 2.05) is 0 Å². The fourth-order valence-corrected chi connectivity index (χ4v) is 3.11. The first-order valence-electron chi connectivity index (χ1n) is 7.43. The molecule has 0 saturated carbocycles. The molecule has 0 spiro atoms. The van der Waals surface area contributed by atoms with Crippen molar-refractivity contribution in [3.05, 3.63) is 47.8 Å². The van der Waals surface area contributed by atoms with Gasteiger partial charge in [0.2, 0.25) is 5.91 Å². The van der Waals surface area contributed by atoms with E-state index in [-0.39, 0.29) is 12.0 Å². The van der Waals surface area contributed by atoms with Gasteiger partial charge in [0.25, 0.3) is 0 Å². The number of alkyl halides is 3. The topological polar surface area (TPSA) is 32.3 Å². The number of nitrogens with one attached hydrogen (secondary N) is 1. The standard InChI is InChI=1S/C17H16F4N2O/c1-16(2)9-14(24)22-23(16)15(17(19,20)21)11-4-3-10-5-6-13(18)8-12(10)7-11/h3-8,15H,9H2,1-2H3,(H,22,24). The number of fused-ring (bicyclic) bond motifs is 1. The average Bonchev–Trinajstić information content (AvgIpc) is 2.70. The van der Waals surface area contributed by atoms with Gasteiger partial charge < -0.3 is 0 Å². The third-order valence-corrected chi connectivity index (χ3v) is 4.20. The largest absolute Gasteiger partial charge is 0.409 e. The summed E-state index contributed by atoms with van der Waals surface area (Å²) in [6.45, 7) is 3.15. The predicted molar refractivity (Wildman–Crippen MR) is 81.4 cm³/mol. The van der Waals surface area contributed by atoms with Crippen LogP contribution in [0.2, 0.25) is 0 Å². The van der Waals surface area contributed by atoms with Crippen LogP contribution in [-0.4, -0.2) is 22.6 Å². The Morgan fingerprint density at radius 1 is 1.12 bits per heavy atom. The van der Waals surface area contributed by atoms with E-state index in [0.717, 1.165) is 5.01 Å². The Balaban J connectivity index is 2.12. The molecule has 2 aromatic rings. The van der Waals surface area contributed by atoms with Crippen molar-refractivity contribution in [1.29, 1.82) is 0 Å². The Morgan fingerprint density at radius 2 is 1.79 bits per heavy atom. The minimum absolute atomic E-state index is 0.0260. The zero-order valence-corrected chi connectivity index (χ0v) is 13.1. The number of nitrogens with zero attached hydrogens (tertiary/aromatic N) is 1. The van der Waals surface area contributed by atoms with Crippen LogP contribution in [0.3, 0.4) is 0 Å². The summed E-state index contributed by atoms with van der Waals surface area (Å²) in [7, 11) is 0. The molecule has 3 nitrogen and oxygen atoms in total.